The Labute approximate surface area is 169 Å². The molecule has 2 aliphatic rings. The molecule has 0 N–H and O–H groups in total. The number of amides is 1. The summed E-state index contributed by atoms with van der Waals surface area (Å²) in [5, 5.41) is 0. The zero-order chi connectivity index (χ0) is 20.0. The summed E-state index contributed by atoms with van der Waals surface area (Å²) in [4.78, 5) is 19.4. The lowest BCUT2D eigenvalue weighted by atomic mass is 9.98. The third kappa shape index (κ3) is 3.35. The summed E-state index contributed by atoms with van der Waals surface area (Å²) in [5.41, 5.74) is 5.13. The summed E-state index contributed by atoms with van der Waals surface area (Å²) in [5.74, 6) is 2.86. The third-order valence-electron chi connectivity index (χ3n) is 5.57. The van der Waals surface area contributed by atoms with Crippen molar-refractivity contribution in [1.29, 1.82) is 0 Å². The molecule has 2 aliphatic heterocycles. The molecule has 2 aromatic carbocycles. The number of hydrogen-bond donors (Lipinski definition) is 0. The van der Waals surface area contributed by atoms with Gasteiger partial charge in [0, 0.05) is 18.7 Å². The first-order valence-electron chi connectivity index (χ1n) is 9.79. The summed E-state index contributed by atoms with van der Waals surface area (Å²) in [6.45, 7) is 5.42. The van der Waals surface area contributed by atoms with Crippen molar-refractivity contribution in [3.8, 4) is 23.0 Å². The summed E-state index contributed by atoms with van der Waals surface area (Å²) >= 11 is 0. The van der Waals surface area contributed by atoms with Crippen molar-refractivity contribution >= 4 is 5.91 Å². The summed E-state index contributed by atoms with van der Waals surface area (Å²) < 4.78 is 16.8. The Kier molecular flexibility index (Phi) is 4.27. The second-order valence-electron chi connectivity index (χ2n) is 7.60. The average molecular weight is 390 g/mol. The van der Waals surface area contributed by atoms with E-state index < -0.39 is 0 Å². The van der Waals surface area contributed by atoms with Crippen LogP contribution in [0.5, 0.6) is 11.5 Å². The van der Waals surface area contributed by atoms with E-state index in [1.165, 1.54) is 11.1 Å². The van der Waals surface area contributed by atoms with Crippen LogP contribution in [0.1, 0.15) is 28.1 Å². The van der Waals surface area contributed by atoms with Crippen LogP contribution in [0.25, 0.3) is 11.5 Å². The normalized spacial score (nSPS) is 14.8. The second-order valence-corrected chi connectivity index (χ2v) is 7.60. The number of nitrogens with zero attached hydrogens (tertiary/aromatic N) is 2. The van der Waals surface area contributed by atoms with Gasteiger partial charge in [-0.15, -0.1) is 0 Å². The molecule has 3 heterocycles. The first kappa shape index (κ1) is 17.8. The van der Waals surface area contributed by atoms with Crippen LogP contribution in [-0.2, 0) is 24.2 Å². The predicted octanol–water partition coefficient (Wildman–Crippen LogP) is 3.81. The van der Waals surface area contributed by atoms with Gasteiger partial charge in [0.25, 0.3) is 0 Å². The van der Waals surface area contributed by atoms with Crippen LogP contribution in [0.15, 0.2) is 40.8 Å². The van der Waals surface area contributed by atoms with Gasteiger partial charge in [0.05, 0.1) is 12.1 Å². The van der Waals surface area contributed by atoms with E-state index in [0.29, 0.717) is 30.4 Å². The molecule has 0 atom stereocenters. The van der Waals surface area contributed by atoms with Gasteiger partial charge in [0.2, 0.25) is 18.6 Å². The minimum Gasteiger partial charge on any atom is -0.454 e. The van der Waals surface area contributed by atoms with E-state index in [0.717, 1.165) is 29.0 Å². The molecule has 0 radical (unpaired) electrons. The molecule has 0 unspecified atom stereocenters. The molecule has 148 valence electrons. The maximum absolute atomic E-state index is 12.9. The molecule has 0 spiro atoms. The molecule has 1 aromatic heterocycles. The smallest absolute Gasteiger partial charge is 0.231 e. The van der Waals surface area contributed by atoms with Gasteiger partial charge in [-0.3, -0.25) is 4.79 Å². The molecule has 0 saturated heterocycles. The Morgan fingerprint density at radius 2 is 1.79 bits per heavy atom. The summed E-state index contributed by atoms with van der Waals surface area (Å²) in [7, 11) is 0. The molecular formula is C23H22N2O4. The Morgan fingerprint density at radius 3 is 2.55 bits per heavy atom. The fourth-order valence-corrected chi connectivity index (χ4v) is 3.83. The topological polar surface area (TPSA) is 64.8 Å². The molecular weight excluding hydrogens is 368 g/mol. The predicted molar refractivity (Wildman–Crippen MR) is 107 cm³/mol. The van der Waals surface area contributed by atoms with Gasteiger partial charge < -0.3 is 18.8 Å². The quantitative estimate of drug-likeness (QED) is 0.680. The summed E-state index contributed by atoms with van der Waals surface area (Å²) in [6.07, 6.45) is 1.05. The number of fused-ring (bicyclic) bond motifs is 2. The highest BCUT2D eigenvalue weighted by molar-refractivity contribution is 5.79. The Bertz CT molecular complexity index is 1090. The highest BCUT2D eigenvalue weighted by Crippen LogP contribution is 2.36. The van der Waals surface area contributed by atoms with Gasteiger partial charge in [-0.25, -0.2) is 4.98 Å². The minimum atomic E-state index is 0.0557. The van der Waals surface area contributed by atoms with Crippen LogP contribution in [0.3, 0.4) is 0 Å². The van der Waals surface area contributed by atoms with Gasteiger partial charge in [0.1, 0.15) is 5.76 Å². The Balaban J connectivity index is 1.31. The number of benzene rings is 2. The van der Waals surface area contributed by atoms with Crippen LogP contribution in [0.2, 0.25) is 0 Å². The number of carbonyl (C=O) groups is 1. The van der Waals surface area contributed by atoms with E-state index in [-0.39, 0.29) is 19.1 Å². The fraction of sp³-hybridized carbons (Fsp3) is 0.304. The van der Waals surface area contributed by atoms with Crippen LogP contribution in [0.4, 0.5) is 0 Å². The van der Waals surface area contributed by atoms with Crippen molar-refractivity contribution < 1.29 is 18.7 Å². The number of hydrogen-bond acceptors (Lipinski definition) is 5. The molecule has 5 rings (SSSR count). The van der Waals surface area contributed by atoms with Gasteiger partial charge in [-0.2, -0.15) is 0 Å². The number of carbonyl (C=O) groups excluding carboxylic acids is 1. The maximum atomic E-state index is 12.9. The third-order valence-corrected chi connectivity index (χ3v) is 5.57. The molecule has 6 heteroatoms. The van der Waals surface area contributed by atoms with Gasteiger partial charge in [-0.1, -0.05) is 17.7 Å². The lowest BCUT2D eigenvalue weighted by Crippen LogP contribution is -2.37. The zero-order valence-electron chi connectivity index (χ0n) is 16.5. The molecule has 29 heavy (non-hydrogen) atoms. The number of ether oxygens (including phenoxy) is 2. The molecule has 6 nitrogen and oxygen atoms in total. The molecule has 1 amide bonds. The lowest BCUT2D eigenvalue weighted by molar-refractivity contribution is -0.131. The van der Waals surface area contributed by atoms with Crippen molar-refractivity contribution in [1.82, 2.24) is 9.88 Å². The van der Waals surface area contributed by atoms with E-state index in [1.807, 2.05) is 55.1 Å². The van der Waals surface area contributed by atoms with Crippen molar-refractivity contribution in [2.75, 3.05) is 13.3 Å². The van der Waals surface area contributed by atoms with Gasteiger partial charge >= 0.3 is 0 Å². The largest absolute Gasteiger partial charge is 0.454 e. The zero-order valence-corrected chi connectivity index (χ0v) is 16.5. The number of aryl methyl sites for hydroxylation is 2. The summed E-state index contributed by atoms with van der Waals surface area (Å²) in [6, 6.07) is 12.0. The lowest BCUT2D eigenvalue weighted by Gasteiger charge is -2.29. The fourth-order valence-electron chi connectivity index (χ4n) is 3.83. The number of oxazole rings is 1. The van der Waals surface area contributed by atoms with E-state index in [1.54, 1.807) is 0 Å². The average Bonchev–Trinajstić information content (AvgIpc) is 3.32. The van der Waals surface area contributed by atoms with E-state index >= 15 is 0 Å². The van der Waals surface area contributed by atoms with Crippen LogP contribution in [0, 0.1) is 13.8 Å². The highest BCUT2D eigenvalue weighted by Gasteiger charge is 2.26. The first-order valence-corrected chi connectivity index (χ1v) is 9.79. The standard InChI is InChI=1S/C23H22N2O4/c1-14-3-5-16(6-4-14)23-24-19(15(2)29-23)11-22(26)25-8-7-17-9-20-21(28-13-27-20)10-18(17)12-25/h3-6,9-10H,7-8,11-13H2,1-2H3. The molecule has 0 aliphatic carbocycles. The first-order chi connectivity index (χ1) is 14.1. The van der Waals surface area contributed by atoms with Gasteiger partial charge in [-0.05, 0) is 55.7 Å². The molecule has 3 aromatic rings. The van der Waals surface area contributed by atoms with Crippen molar-refractivity contribution in [2.24, 2.45) is 0 Å². The highest BCUT2D eigenvalue weighted by atomic mass is 16.7. The van der Waals surface area contributed by atoms with Crippen LogP contribution < -0.4 is 9.47 Å². The SMILES string of the molecule is Cc1ccc(-c2nc(CC(=O)N3CCc4cc5c(cc4C3)OCO5)c(C)o2)cc1. The monoisotopic (exact) mass is 390 g/mol. The van der Waals surface area contributed by atoms with E-state index in [9.17, 15) is 4.79 Å². The molecule has 0 saturated carbocycles. The van der Waals surface area contributed by atoms with Crippen molar-refractivity contribution in [3.63, 3.8) is 0 Å². The van der Waals surface area contributed by atoms with E-state index in [2.05, 4.69) is 4.98 Å². The van der Waals surface area contributed by atoms with E-state index in [4.69, 9.17) is 13.9 Å². The van der Waals surface area contributed by atoms with Crippen LogP contribution >= 0.6 is 0 Å². The number of aromatic nitrogens is 1. The Hall–Kier alpha value is -3.28. The maximum Gasteiger partial charge on any atom is 0.231 e. The second kappa shape index (κ2) is 6.95. The van der Waals surface area contributed by atoms with Crippen molar-refractivity contribution in [3.05, 3.63) is 64.5 Å². The van der Waals surface area contributed by atoms with Crippen molar-refractivity contribution in [2.45, 2.75) is 33.2 Å². The van der Waals surface area contributed by atoms with Gasteiger partial charge in [0.15, 0.2) is 11.5 Å². The molecule has 0 bridgehead atoms. The number of rotatable bonds is 3. The van der Waals surface area contributed by atoms with Crippen LogP contribution in [-0.4, -0.2) is 29.1 Å². The Morgan fingerprint density at radius 1 is 1.07 bits per heavy atom. The minimum absolute atomic E-state index is 0.0557. The molecule has 0 fully saturated rings.